The SMILES string of the molecule is Br.Br.BrCCNCCNc1ccccc1. The van der Waals surface area contributed by atoms with Gasteiger partial charge in [0.05, 0.1) is 0 Å². The van der Waals surface area contributed by atoms with Crippen LogP contribution in [0.2, 0.25) is 0 Å². The Hall–Kier alpha value is 0.420. The Kier molecular flexibility index (Phi) is 14.8. The third-order valence-corrected chi connectivity index (χ3v) is 2.07. The van der Waals surface area contributed by atoms with Gasteiger partial charge in [-0.25, -0.2) is 0 Å². The summed E-state index contributed by atoms with van der Waals surface area (Å²) in [5.41, 5.74) is 1.18. The van der Waals surface area contributed by atoms with E-state index in [1.807, 2.05) is 18.2 Å². The van der Waals surface area contributed by atoms with E-state index in [2.05, 4.69) is 38.7 Å². The van der Waals surface area contributed by atoms with E-state index in [0.717, 1.165) is 25.0 Å². The summed E-state index contributed by atoms with van der Waals surface area (Å²) in [5.74, 6) is 0. The smallest absolute Gasteiger partial charge is 0.0340 e. The number of rotatable bonds is 6. The van der Waals surface area contributed by atoms with Gasteiger partial charge in [-0.1, -0.05) is 34.1 Å². The highest BCUT2D eigenvalue weighted by molar-refractivity contribution is 9.09. The van der Waals surface area contributed by atoms with Crippen molar-refractivity contribution < 1.29 is 0 Å². The monoisotopic (exact) mass is 402 g/mol. The van der Waals surface area contributed by atoms with E-state index >= 15 is 0 Å². The summed E-state index contributed by atoms with van der Waals surface area (Å²) < 4.78 is 0. The van der Waals surface area contributed by atoms with E-state index in [9.17, 15) is 0 Å². The molecule has 0 heterocycles. The lowest BCUT2D eigenvalue weighted by Crippen LogP contribution is -2.23. The minimum Gasteiger partial charge on any atom is -0.384 e. The zero-order valence-corrected chi connectivity index (χ0v) is 13.4. The molecule has 5 heteroatoms. The Morgan fingerprint density at radius 2 is 1.60 bits per heavy atom. The minimum atomic E-state index is 0. The fourth-order valence-corrected chi connectivity index (χ4v) is 1.32. The Morgan fingerprint density at radius 1 is 0.933 bits per heavy atom. The molecular weight excluding hydrogens is 388 g/mol. The molecule has 88 valence electrons. The van der Waals surface area contributed by atoms with Gasteiger partial charge in [0.15, 0.2) is 0 Å². The van der Waals surface area contributed by atoms with Crippen LogP contribution in [0.25, 0.3) is 0 Å². The average Bonchev–Trinajstić information content (AvgIpc) is 2.19. The highest BCUT2D eigenvalue weighted by atomic mass is 79.9. The van der Waals surface area contributed by atoms with Gasteiger partial charge in [-0.05, 0) is 12.1 Å². The number of hydrogen-bond acceptors (Lipinski definition) is 2. The molecular formula is C10H17Br3N2. The standard InChI is InChI=1S/C10H15BrN2.2BrH/c11-6-7-12-8-9-13-10-4-2-1-3-5-10;;/h1-5,12-13H,6-9H2;2*1H. The normalized spacial score (nSPS) is 8.60. The van der Waals surface area contributed by atoms with Gasteiger partial charge in [0.25, 0.3) is 0 Å². The average molecular weight is 405 g/mol. The third-order valence-electron chi connectivity index (χ3n) is 1.68. The Morgan fingerprint density at radius 3 is 2.20 bits per heavy atom. The van der Waals surface area contributed by atoms with Gasteiger partial charge in [-0.3, -0.25) is 0 Å². The Bertz CT molecular complexity index is 219. The molecule has 0 aliphatic rings. The maximum absolute atomic E-state index is 3.36. The highest BCUT2D eigenvalue weighted by Crippen LogP contribution is 2.03. The fraction of sp³-hybridized carbons (Fsp3) is 0.400. The Balaban J connectivity index is 0. The second-order valence-corrected chi connectivity index (χ2v) is 3.52. The zero-order valence-electron chi connectivity index (χ0n) is 8.41. The van der Waals surface area contributed by atoms with Gasteiger partial charge < -0.3 is 10.6 Å². The van der Waals surface area contributed by atoms with Crippen LogP contribution < -0.4 is 10.6 Å². The summed E-state index contributed by atoms with van der Waals surface area (Å²) in [4.78, 5) is 0. The van der Waals surface area contributed by atoms with E-state index in [4.69, 9.17) is 0 Å². The molecule has 15 heavy (non-hydrogen) atoms. The van der Waals surface area contributed by atoms with Crippen LogP contribution in [-0.2, 0) is 0 Å². The molecule has 0 bridgehead atoms. The molecule has 2 N–H and O–H groups in total. The second kappa shape index (κ2) is 12.5. The summed E-state index contributed by atoms with van der Waals surface area (Å²) in [6.07, 6.45) is 0. The number of benzene rings is 1. The van der Waals surface area contributed by atoms with Crippen molar-refractivity contribution in [3.63, 3.8) is 0 Å². The summed E-state index contributed by atoms with van der Waals surface area (Å²) in [7, 11) is 0. The van der Waals surface area contributed by atoms with Gasteiger partial charge in [-0.2, -0.15) is 0 Å². The minimum absolute atomic E-state index is 0. The van der Waals surface area contributed by atoms with Crippen LogP contribution in [0.3, 0.4) is 0 Å². The van der Waals surface area contributed by atoms with Gasteiger partial charge >= 0.3 is 0 Å². The molecule has 1 aromatic carbocycles. The molecule has 0 atom stereocenters. The van der Waals surface area contributed by atoms with Crippen LogP contribution in [0.5, 0.6) is 0 Å². The predicted molar refractivity (Wildman–Crippen MR) is 82.2 cm³/mol. The highest BCUT2D eigenvalue weighted by Gasteiger charge is 1.88. The molecule has 0 unspecified atom stereocenters. The quantitative estimate of drug-likeness (QED) is 0.562. The number of alkyl halides is 1. The molecule has 0 aliphatic carbocycles. The van der Waals surface area contributed by atoms with E-state index in [0.29, 0.717) is 0 Å². The topological polar surface area (TPSA) is 24.1 Å². The van der Waals surface area contributed by atoms with Crippen LogP contribution in [0.4, 0.5) is 5.69 Å². The molecule has 0 saturated heterocycles. The molecule has 0 radical (unpaired) electrons. The van der Waals surface area contributed by atoms with Crippen molar-refractivity contribution in [1.82, 2.24) is 5.32 Å². The first-order chi connectivity index (χ1) is 6.43. The van der Waals surface area contributed by atoms with Crippen molar-refractivity contribution >= 4 is 55.6 Å². The first-order valence-electron chi connectivity index (χ1n) is 4.49. The first-order valence-corrected chi connectivity index (χ1v) is 5.61. The van der Waals surface area contributed by atoms with Crippen molar-refractivity contribution in [3.8, 4) is 0 Å². The second-order valence-electron chi connectivity index (χ2n) is 2.73. The van der Waals surface area contributed by atoms with Crippen LogP contribution in [0.1, 0.15) is 0 Å². The molecule has 0 aromatic heterocycles. The summed E-state index contributed by atoms with van der Waals surface area (Å²) in [6, 6.07) is 10.2. The lowest BCUT2D eigenvalue weighted by Gasteiger charge is -2.06. The van der Waals surface area contributed by atoms with Crippen LogP contribution in [0.15, 0.2) is 30.3 Å². The molecule has 0 fully saturated rings. The molecule has 2 nitrogen and oxygen atoms in total. The van der Waals surface area contributed by atoms with Crippen molar-refractivity contribution in [3.05, 3.63) is 30.3 Å². The van der Waals surface area contributed by atoms with E-state index in [-0.39, 0.29) is 34.0 Å². The van der Waals surface area contributed by atoms with E-state index in [1.165, 1.54) is 5.69 Å². The fourth-order valence-electron chi connectivity index (χ4n) is 1.04. The lowest BCUT2D eigenvalue weighted by atomic mass is 10.3. The van der Waals surface area contributed by atoms with E-state index in [1.54, 1.807) is 0 Å². The molecule has 0 aliphatic heterocycles. The molecule has 1 rings (SSSR count). The van der Waals surface area contributed by atoms with Crippen molar-refractivity contribution in [2.24, 2.45) is 0 Å². The summed E-state index contributed by atoms with van der Waals surface area (Å²) >= 11 is 3.36. The van der Waals surface area contributed by atoms with Gasteiger partial charge in [-0.15, -0.1) is 34.0 Å². The van der Waals surface area contributed by atoms with Crippen LogP contribution in [0, 0.1) is 0 Å². The number of anilines is 1. The maximum atomic E-state index is 3.36. The summed E-state index contributed by atoms with van der Waals surface area (Å²) in [6.45, 7) is 2.99. The Labute approximate surface area is 121 Å². The number of para-hydroxylation sites is 1. The molecule has 0 spiro atoms. The number of nitrogens with one attached hydrogen (secondary N) is 2. The van der Waals surface area contributed by atoms with Gasteiger partial charge in [0, 0.05) is 30.7 Å². The molecule has 1 aromatic rings. The zero-order chi connectivity index (χ0) is 9.36. The van der Waals surface area contributed by atoms with Crippen molar-refractivity contribution in [2.45, 2.75) is 0 Å². The maximum Gasteiger partial charge on any atom is 0.0340 e. The predicted octanol–water partition coefficient (Wildman–Crippen LogP) is 3.24. The largest absolute Gasteiger partial charge is 0.384 e. The molecule has 0 saturated carbocycles. The lowest BCUT2D eigenvalue weighted by molar-refractivity contribution is 0.746. The van der Waals surface area contributed by atoms with Gasteiger partial charge in [0.2, 0.25) is 0 Å². The first kappa shape index (κ1) is 17.8. The molecule has 0 amide bonds. The number of hydrogen-bond donors (Lipinski definition) is 2. The third kappa shape index (κ3) is 9.35. The van der Waals surface area contributed by atoms with Gasteiger partial charge in [0.1, 0.15) is 0 Å². The van der Waals surface area contributed by atoms with E-state index < -0.39 is 0 Å². The number of halogens is 3. The van der Waals surface area contributed by atoms with Crippen LogP contribution in [-0.4, -0.2) is 25.0 Å². The summed E-state index contributed by atoms with van der Waals surface area (Å²) in [5, 5.41) is 7.63. The van der Waals surface area contributed by atoms with Crippen molar-refractivity contribution in [1.29, 1.82) is 0 Å². The van der Waals surface area contributed by atoms with Crippen LogP contribution >= 0.6 is 49.9 Å². The van der Waals surface area contributed by atoms with Crippen molar-refractivity contribution in [2.75, 3.05) is 30.3 Å².